The molecule has 0 radical (unpaired) electrons. The van der Waals surface area contributed by atoms with Gasteiger partial charge in [0.15, 0.2) is 0 Å². The molecule has 2 atom stereocenters. The molecule has 1 amide bonds. The Morgan fingerprint density at radius 2 is 2.11 bits per heavy atom. The highest BCUT2D eigenvalue weighted by atomic mass is 16.5. The maximum absolute atomic E-state index is 12.5. The first-order valence-electron chi connectivity index (χ1n) is 6.51. The lowest BCUT2D eigenvalue weighted by molar-refractivity contribution is -0.122. The normalized spacial score (nSPS) is 22.4. The van der Waals surface area contributed by atoms with Crippen LogP contribution in [0.5, 0.6) is 5.75 Å². The van der Waals surface area contributed by atoms with Gasteiger partial charge in [-0.25, -0.2) is 0 Å². The molecule has 2 unspecified atom stereocenters. The Morgan fingerprint density at radius 3 is 2.74 bits per heavy atom. The lowest BCUT2D eigenvalue weighted by Crippen LogP contribution is -2.44. The third kappa shape index (κ3) is 3.05. The molecule has 104 valence electrons. The van der Waals surface area contributed by atoms with Crippen LogP contribution in [0, 0.1) is 5.92 Å². The fourth-order valence-corrected chi connectivity index (χ4v) is 2.31. The number of benzene rings is 1. The number of amides is 1. The summed E-state index contributed by atoms with van der Waals surface area (Å²) in [5.74, 6) is 0.0761. The quantitative estimate of drug-likeness (QED) is 0.851. The highest BCUT2D eigenvalue weighted by Gasteiger charge is 2.35. The Balaban J connectivity index is 2.08. The fraction of sp³-hybridized carbons (Fsp3) is 0.500. The molecular weight excluding hydrogens is 244 g/mol. The van der Waals surface area contributed by atoms with Crippen molar-refractivity contribution < 1.29 is 14.6 Å². The lowest BCUT2D eigenvalue weighted by atomic mass is 10.0. The smallest absolute Gasteiger partial charge is 0.233 e. The van der Waals surface area contributed by atoms with Gasteiger partial charge in [0.05, 0.1) is 19.1 Å². The van der Waals surface area contributed by atoms with E-state index in [0.29, 0.717) is 13.2 Å². The van der Waals surface area contributed by atoms with Crippen LogP contribution in [0.15, 0.2) is 24.3 Å². The second-order valence-corrected chi connectivity index (χ2v) is 4.72. The minimum Gasteiger partial charge on any atom is -0.508 e. The number of aromatic hydroxyl groups is 1. The summed E-state index contributed by atoms with van der Waals surface area (Å²) < 4.78 is 5.40. The number of rotatable bonds is 4. The number of hydrogen-bond acceptors (Lipinski definition) is 4. The van der Waals surface area contributed by atoms with Crippen molar-refractivity contribution in [3.8, 4) is 5.75 Å². The Morgan fingerprint density at radius 1 is 1.42 bits per heavy atom. The minimum absolute atomic E-state index is 0.0362. The van der Waals surface area contributed by atoms with Crippen molar-refractivity contribution in [2.45, 2.75) is 13.0 Å². The monoisotopic (exact) mass is 264 g/mol. The zero-order chi connectivity index (χ0) is 13.8. The average Bonchev–Trinajstić information content (AvgIpc) is 2.87. The highest BCUT2D eigenvalue weighted by molar-refractivity contribution is 5.95. The van der Waals surface area contributed by atoms with E-state index in [1.165, 1.54) is 0 Å². The van der Waals surface area contributed by atoms with Crippen molar-refractivity contribution in [1.82, 2.24) is 5.32 Å². The SMILES string of the molecule is CCNC1COCC1C(=O)N(C)c1ccc(O)cc1. The molecule has 1 aliphatic heterocycles. The van der Waals surface area contributed by atoms with Gasteiger partial charge in [-0.3, -0.25) is 4.79 Å². The molecule has 1 saturated heterocycles. The molecule has 5 heteroatoms. The predicted molar refractivity (Wildman–Crippen MR) is 73.3 cm³/mol. The molecule has 0 saturated carbocycles. The van der Waals surface area contributed by atoms with Gasteiger partial charge in [0.25, 0.3) is 0 Å². The van der Waals surface area contributed by atoms with Gasteiger partial charge in [0, 0.05) is 18.8 Å². The first-order valence-corrected chi connectivity index (χ1v) is 6.51. The Hall–Kier alpha value is -1.59. The van der Waals surface area contributed by atoms with Crippen LogP contribution in [0.1, 0.15) is 6.92 Å². The van der Waals surface area contributed by atoms with Crippen molar-refractivity contribution >= 4 is 11.6 Å². The molecule has 0 aromatic heterocycles. The summed E-state index contributed by atoms with van der Waals surface area (Å²) in [6, 6.07) is 6.69. The first-order chi connectivity index (χ1) is 9.13. The van der Waals surface area contributed by atoms with Crippen molar-refractivity contribution in [1.29, 1.82) is 0 Å². The molecule has 0 aliphatic carbocycles. The number of ether oxygens (including phenoxy) is 1. The second-order valence-electron chi connectivity index (χ2n) is 4.72. The number of likely N-dealkylation sites (N-methyl/N-ethyl adjacent to an activating group) is 1. The molecule has 0 spiro atoms. The number of carbonyl (C=O) groups excluding carboxylic acids is 1. The molecule has 1 aromatic carbocycles. The van der Waals surface area contributed by atoms with E-state index >= 15 is 0 Å². The molecule has 2 N–H and O–H groups in total. The maximum atomic E-state index is 12.5. The summed E-state index contributed by atoms with van der Waals surface area (Å²) >= 11 is 0. The van der Waals surface area contributed by atoms with Gasteiger partial charge in [0.2, 0.25) is 5.91 Å². The zero-order valence-corrected chi connectivity index (χ0v) is 11.3. The van der Waals surface area contributed by atoms with Gasteiger partial charge >= 0.3 is 0 Å². The number of carbonyl (C=O) groups is 1. The summed E-state index contributed by atoms with van der Waals surface area (Å²) in [5, 5.41) is 12.5. The molecule has 1 heterocycles. The topological polar surface area (TPSA) is 61.8 Å². The number of hydrogen-bond donors (Lipinski definition) is 2. The van der Waals surface area contributed by atoms with Crippen LogP contribution in [0.2, 0.25) is 0 Å². The average molecular weight is 264 g/mol. The minimum atomic E-state index is -0.154. The van der Waals surface area contributed by atoms with Crippen LogP contribution in [-0.2, 0) is 9.53 Å². The summed E-state index contributed by atoms with van der Waals surface area (Å²) in [6.07, 6.45) is 0. The highest BCUT2D eigenvalue weighted by Crippen LogP contribution is 2.22. The van der Waals surface area contributed by atoms with Gasteiger partial charge < -0.3 is 20.1 Å². The van der Waals surface area contributed by atoms with E-state index < -0.39 is 0 Å². The largest absolute Gasteiger partial charge is 0.508 e. The number of phenols is 1. The molecular formula is C14H20N2O3. The molecule has 0 bridgehead atoms. The van der Waals surface area contributed by atoms with E-state index in [0.717, 1.165) is 12.2 Å². The van der Waals surface area contributed by atoms with Crippen LogP contribution in [0.4, 0.5) is 5.69 Å². The molecule has 19 heavy (non-hydrogen) atoms. The number of nitrogens with zero attached hydrogens (tertiary/aromatic N) is 1. The molecule has 1 fully saturated rings. The van der Waals surface area contributed by atoms with Gasteiger partial charge in [-0.05, 0) is 30.8 Å². The van der Waals surface area contributed by atoms with Gasteiger partial charge in [0.1, 0.15) is 5.75 Å². The Kier molecular flexibility index (Phi) is 4.39. The Labute approximate surface area is 113 Å². The van der Waals surface area contributed by atoms with Crippen molar-refractivity contribution in [3.05, 3.63) is 24.3 Å². The second kappa shape index (κ2) is 6.04. The first kappa shape index (κ1) is 13.8. The number of phenolic OH excluding ortho intramolecular Hbond substituents is 1. The Bertz CT molecular complexity index is 433. The van der Waals surface area contributed by atoms with Crippen LogP contribution < -0.4 is 10.2 Å². The van der Waals surface area contributed by atoms with E-state index in [4.69, 9.17) is 4.74 Å². The van der Waals surface area contributed by atoms with E-state index in [1.807, 2.05) is 6.92 Å². The van der Waals surface area contributed by atoms with Gasteiger partial charge in [-0.15, -0.1) is 0 Å². The van der Waals surface area contributed by atoms with Crippen LogP contribution in [-0.4, -0.2) is 43.9 Å². The van der Waals surface area contributed by atoms with Crippen LogP contribution >= 0.6 is 0 Å². The maximum Gasteiger partial charge on any atom is 0.233 e. The standard InChI is InChI=1S/C14H20N2O3/c1-3-15-13-9-19-8-12(13)14(18)16(2)10-4-6-11(17)7-5-10/h4-7,12-13,15,17H,3,8-9H2,1-2H3. The van der Waals surface area contributed by atoms with E-state index in [9.17, 15) is 9.90 Å². The fourth-order valence-electron chi connectivity index (χ4n) is 2.31. The van der Waals surface area contributed by atoms with Crippen LogP contribution in [0.25, 0.3) is 0 Å². The number of anilines is 1. The molecule has 1 aliphatic rings. The zero-order valence-electron chi connectivity index (χ0n) is 11.3. The van der Waals surface area contributed by atoms with E-state index in [1.54, 1.807) is 36.2 Å². The van der Waals surface area contributed by atoms with Crippen LogP contribution in [0.3, 0.4) is 0 Å². The third-order valence-electron chi connectivity index (χ3n) is 3.43. The molecule has 2 rings (SSSR count). The molecule has 1 aromatic rings. The molecule has 5 nitrogen and oxygen atoms in total. The van der Waals surface area contributed by atoms with Gasteiger partial charge in [-0.2, -0.15) is 0 Å². The van der Waals surface area contributed by atoms with Crippen molar-refractivity contribution in [3.63, 3.8) is 0 Å². The summed E-state index contributed by atoms with van der Waals surface area (Å²) in [4.78, 5) is 14.1. The summed E-state index contributed by atoms with van der Waals surface area (Å²) in [7, 11) is 1.75. The third-order valence-corrected chi connectivity index (χ3v) is 3.43. The van der Waals surface area contributed by atoms with E-state index in [2.05, 4.69) is 5.32 Å². The predicted octanol–water partition coefficient (Wildman–Crippen LogP) is 0.979. The number of nitrogens with one attached hydrogen (secondary N) is 1. The van der Waals surface area contributed by atoms with Crippen molar-refractivity contribution in [2.75, 3.05) is 31.7 Å². The lowest BCUT2D eigenvalue weighted by Gasteiger charge is -2.24. The van der Waals surface area contributed by atoms with Crippen molar-refractivity contribution in [2.24, 2.45) is 5.92 Å². The van der Waals surface area contributed by atoms with E-state index in [-0.39, 0.29) is 23.6 Å². The van der Waals surface area contributed by atoms with Gasteiger partial charge in [-0.1, -0.05) is 6.92 Å². The summed E-state index contributed by atoms with van der Waals surface area (Å²) in [5.41, 5.74) is 0.768. The summed E-state index contributed by atoms with van der Waals surface area (Å²) in [6.45, 7) is 3.87.